The Labute approximate surface area is 170 Å². The van der Waals surface area contributed by atoms with Crippen molar-refractivity contribution < 1.29 is 33.0 Å². The number of dihydropyridines is 1. The van der Waals surface area contributed by atoms with Crippen LogP contribution in [-0.4, -0.2) is 57.7 Å². The van der Waals surface area contributed by atoms with E-state index < -0.39 is 52.5 Å². The van der Waals surface area contributed by atoms with Gasteiger partial charge in [-0.05, 0) is 19.9 Å². The van der Waals surface area contributed by atoms with Gasteiger partial charge in [0.15, 0.2) is 11.5 Å². The van der Waals surface area contributed by atoms with E-state index in [1.165, 1.54) is 11.0 Å². The molecule has 2 N–H and O–H groups in total. The number of allylic oxidation sites excluding steroid dienone is 1. The second-order valence-electron chi connectivity index (χ2n) is 7.73. The minimum absolute atomic E-state index is 0.0124. The van der Waals surface area contributed by atoms with Crippen LogP contribution in [0.5, 0.6) is 0 Å². The molecule has 2 saturated heterocycles. The fraction of sp³-hybridized carbons (Fsp3) is 0.400. The van der Waals surface area contributed by atoms with Gasteiger partial charge in [0.25, 0.3) is 17.6 Å². The number of nitrogens with one attached hydrogen (secondary N) is 1. The SMILES string of the molecule is C[C@@H]1CN2C(=O)C3=C(O)C(=O)C(C(=O)NCc4ccc(F)cc4F)=NC3CC2(C)O1. The highest BCUT2D eigenvalue weighted by atomic mass is 19.1. The lowest BCUT2D eigenvalue weighted by atomic mass is 9.86. The number of carbonyl (C=O) groups is 3. The van der Waals surface area contributed by atoms with Crippen molar-refractivity contribution in [1.29, 1.82) is 0 Å². The first-order valence-electron chi connectivity index (χ1n) is 9.38. The van der Waals surface area contributed by atoms with Crippen LogP contribution < -0.4 is 5.32 Å². The molecule has 0 aliphatic carbocycles. The molecule has 0 spiro atoms. The molecule has 0 bridgehead atoms. The Kier molecular flexibility index (Phi) is 4.69. The number of ketones is 1. The van der Waals surface area contributed by atoms with Gasteiger partial charge in [-0.3, -0.25) is 19.4 Å². The first kappa shape index (κ1) is 20.1. The number of carbonyl (C=O) groups excluding carboxylic acids is 3. The number of aliphatic hydroxyl groups excluding tert-OH is 1. The van der Waals surface area contributed by atoms with Gasteiger partial charge in [0, 0.05) is 31.1 Å². The summed E-state index contributed by atoms with van der Waals surface area (Å²) >= 11 is 0. The number of aliphatic hydroxyl groups is 1. The third-order valence-corrected chi connectivity index (χ3v) is 5.49. The molecule has 10 heteroatoms. The molecule has 8 nitrogen and oxygen atoms in total. The molecular formula is C20H19F2N3O5. The van der Waals surface area contributed by atoms with Crippen molar-refractivity contribution >= 4 is 23.3 Å². The topological polar surface area (TPSA) is 108 Å². The van der Waals surface area contributed by atoms with Gasteiger partial charge in [-0.2, -0.15) is 0 Å². The molecule has 30 heavy (non-hydrogen) atoms. The first-order chi connectivity index (χ1) is 14.1. The van der Waals surface area contributed by atoms with Crippen molar-refractivity contribution in [3.05, 3.63) is 46.7 Å². The van der Waals surface area contributed by atoms with Crippen LogP contribution in [0.25, 0.3) is 0 Å². The first-order valence-corrected chi connectivity index (χ1v) is 9.38. The quantitative estimate of drug-likeness (QED) is 0.764. The standard InChI is InChI=1S/C20H19F2N3O5/c1-9-8-25-19(29)14-13(6-20(25,2)30-9)24-15(17(27)16(14)26)18(28)23-7-10-3-4-11(21)5-12(10)22/h3-5,9,13,26H,6-8H2,1-2H3,(H,23,28)/t9-,13?,20?/m1/s1. The van der Waals surface area contributed by atoms with Crippen molar-refractivity contribution in [2.45, 2.75) is 44.7 Å². The summed E-state index contributed by atoms with van der Waals surface area (Å²) in [6.45, 7) is 3.51. The lowest BCUT2D eigenvalue weighted by molar-refractivity contribution is -0.152. The molecule has 2 unspecified atom stereocenters. The zero-order valence-corrected chi connectivity index (χ0v) is 16.2. The third kappa shape index (κ3) is 3.17. The molecule has 158 valence electrons. The van der Waals surface area contributed by atoms with E-state index >= 15 is 0 Å². The predicted molar refractivity (Wildman–Crippen MR) is 99.4 cm³/mol. The van der Waals surface area contributed by atoms with Crippen molar-refractivity contribution in [2.75, 3.05) is 6.54 Å². The van der Waals surface area contributed by atoms with E-state index in [2.05, 4.69) is 10.3 Å². The summed E-state index contributed by atoms with van der Waals surface area (Å²) in [4.78, 5) is 43.4. The zero-order chi connectivity index (χ0) is 21.8. The van der Waals surface area contributed by atoms with Gasteiger partial charge in [-0.1, -0.05) is 6.07 Å². The third-order valence-electron chi connectivity index (χ3n) is 5.49. The number of Topliss-reactive ketones (excluding diaryl/α,β-unsaturated/α-hetero) is 1. The highest BCUT2D eigenvalue weighted by Gasteiger charge is 2.54. The van der Waals surface area contributed by atoms with Crippen molar-refractivity contribution in [1.82, 2.24) is 10.2 Å². The molecule has 0 saturated carbocycles. The summed E-state index contributed by atoms with van der Waals surface area (Å²) in [5, 5.41) is 12.7. The fourth-order valence-electron chi connectivity index (χ4n) is 4.09. The number of ether oxygens (including phenoxy) is 1. The van der Waals surface area contributed by atoms with Crippen LogP contribution in [0.1, 0.15) is 25.8 Å². The summed E-state index contributed by atoms with van der Waals surface area (Å²) < 4.78 is 32.6. The Hall–Kier alpha value is -3.14. The Morgan fingerprint density at radius 1 is 1.40 bits per heavy atom. The molecule has 3 aliphatic rings. The molecule has 0 aromatic heterocycles. The molecular weight excluding hydrogens is 400 g/mol. The second-order valence-corrected chi connectivity index (χ2v) is 7.73. The lowest BCUT2D eigenvalue weighted by Gasteiger charge is -2.42. The molecule has 0 radical (unpaired) electrons. The fourth-order valence-corrected chi connectivity index (χ4v) is 4.09. The largest absolute Gasteiger partial charge is 0.504 e. The minimum atomic E-state index is -1.08. The molecule has 4 rings (SSSR count). The zero-order valence-electron chi connectivity index (χ0n) is 16.2. The van der Waals surface area contributed by atoms with Gasteiger partial charge < -0.3 is 20.1 Å². The molecule has 1 aromatic carbocycles. The Bertz CT molecular complexity index is 1040. The van der Waals surface area contributed by atoms with E-state index in [1.807, 2.05) is 0 Å². The maximum Gasteiger partial charge on any atom is 0.273 e. The van der Waals surface area contributed by atoms with Crippen LogP contribution in [-0.2, 0) is 25.7 Å². The van der Waals surface area contributed by atoms with Crippen LogP contribution >= 0.6 is 0 Å². The van der Waals surface area contributed by atoms with Gasteiger partial charge in [-0.15, -0.1) is 0 Å². The number of fused-ring (bicyclic) bond motifs is 2. The summed E-state index contributed by atoms with van der Waals surface area (Å²) in [5.74, 6) is -5.00. The average molecular weight is 419 g/mol. The van der Waals surface area contributed by atoms with E-state index in [-0.39, 0.29) is 30.2 Å². The number of halogens is 2. The smallest absolute Gasteiger partial charge is 0.273 e. The molecule has 3 atom stereocenters. The second kappa shape index (κ2) is 6.98. The molecule has 2 fully saturated rings. The number of hydrogen-bond donors (Lipinski definition) is 2. The van der Waals surface area contributed by atoms with Gasteiger partial charge in [-0.25, -0.2) is 8.78 Å². The Morgan fingerprint density at radius 3 is 2.83 bits per heavy atom. The lowest BCUT2D eigenvalue weighted by Crippen LogP contribution is -2.56. The van der Waals surface area contributed by atoms with Crippen LogP contribution in [0, 0.1) is 11.6 Å². The van der Waals surface area contributed by atoms with E-state index in [1.54, 1.807) is 13.8 Å². The summed E-state index contributed by atoms with van der Waals surface area (Å²) in [7, 11) is 0. The van der Waals surface area contributed by atoms with Crippen molar-refractivity contribution in [3.63, 3.8) is 0 Å². The molecule has 1 aromatic rings. The van der Waals surface area contributed by atoms with Crippen LogP contribution in [0.4, 0.5) is 8.78 Å². The number of rotatable bonds is 3. The monoisotopic (exact) mass is 419 g/mol. The van der Waals surface area contributed by atoms with Crippen LogP contribution in [0.3, 0.4) is 0 Å². The van der Waals surface area contributed by atoms with E-state index in [9.17, 15) is 28.3 Å². The van der Waals surface area contributed by atoms with Crippen molar-refractivity contribution in [2.24, 2.45) is 4.99 Å². The number of nitrogens with zero attached hydrogens (tertiary/aromatic N) is 2. The van der Waals surface area contributed by atoms with Crippen LogP contribution in [0.15, 0.2) is 34.5 Å². The van der Waals surface area contributed by atoms with Crippen molar-refractivity contribution in [3.8, 4) is 0 Å². The van der Waals surface area contributed by atoms with Gasteiger partial charge in [0.2, 0.25) is 0 Å². The minimum Gasteiger partial charge on any atom is -0.504 e. The van der Waals surface area contributed by atoms with Gasteiger partial charge >= 0.3 is 0 Å². The van der Waals surface area contributed by atoms with Gasteiger partial charge in [0.05, 0.1) is 17.7 Å². The molecule has 2 amide bonds. The van der Waals surface area contributed by atoms with E-state index in [0.29, 0.717) is 12.6 Å². The summed E-state index contributed by atoms with van der Waals surface area (Å²) in [6.07, 6.45) is -0.0611. The molecule has 3 aliphatic heterocycles. The molecule has 3 heterocycles. The highest BCUT2D eigenvalue weighted by Crippen LogP contribution is 2.41. The normalized spacial score (nSPS) is 28.3. The summed E-state index contributed by atoms with van der Waals surface area (Å²) in [6, 6.07) is 1.95. The number of aliphatic imine (C=N–C) groups is 1. The van der Waals surface area contributed by atoms with E-state index in [4.69, 9.17) is 4.74 Å². The number of hydrogen-bond acceptors (Lipinski definition) is 6. The maximum absolute atomic E-state index is 13.8. The highest BCUT2D eigenvalue weighted by molar-refractivity contribution is 6.69. The summed E-state index contributed by atoms with van der Waals surface area (Å²) in [5.41, 5.74) is -1.69. The van der Waals surface area contributed by atoms with E-state index in [0.717, 1.165) is 6.07 Å². The average Bonchev–Trinajstić information content (AvgIpc) is 2.98. The number of benzene rings is 1. The number of amides is 2. The Balaban J connectivity index is 1.57. The number of piperidine rings is 1. The predicted octanol–water partition coefficient (Wildman–Crippen LogP) is 1.15. The van der Waals surface area contributed by atoms with Crippen LogP contribution in [0.2, 0.25) is 0 Å². The van der Waals surface area contributed by atoms with Gasteiger partial charge in [0.1, 0.15) is 17.4 Å². The Morgan fingerprint density at radius 2 is 2.13 bits per heavy atom. The maximum atomic E-state index is 13.8.